The topological polar surface area (TPSA) is 38.4 Å². The van der Waals surface area contributed by atoms with Crippen molar-refractivity contribution in [3.05, 3.63) is 83.6 Å². The van der Waals surface area contributed by atoms with Crippen molar-refractivity contribution in [1.29, 1.82) is 0 Å². The van der Waals surface area contributed by atoms with Gasteiger partial charge in [-0.15, -0.1) is 0 Å². The van der Waals surface area contributed by atoms with Crippen LogP contribution in [0.5, 0.6) is 0 Å². The molecule has 0 fully saturated rings. The summed E-state index contributed by atoms with van der Waals surface area (Å²) in [6.07, 6.45) is 1.52. The van der Waals surface area contributed by atoms with Crippen LogP contribution in [0, 0.1) is 11.6 Å². The van der Waals surface area contributed by atoms with E-state index < -0.39 is 23.4 Å². The average molecular weight is 434 g/mol. The van der Waals surface area contributed by atoms with E-state index >= 15 is 0 Å². The third-order valence-electron chi connectivity index (χ3n) is 4.49. The number of hydrogen-bond acceptors (Lipinski definition) is 2. The second kappa shape index (κ2) is 10.7. The van der Waals surface area contributed by atoms with Crippen LogP contribution in [-0.2, 0) is 0 Å². The minimum Gasteiger partial charge on any atom is -0.404 e. The maximum Gasteiger partial charge on any atom is 0.409 e. The predicted octanol–water partition coefficient (Wildman–Crippen LogP) is 7.28. The molecule has 0 radical (unpaired) electrons. The van der Waals surface area contributed by atoms with E-state index in [0.717, 1.165) is 37.0 Å². The van der Waals surface area contributed by atoms with E-state index in [2.05, 4.69) is 18.5 Å². The van der Waals surface area contributed by atoms with Gasteiger partial charge in [-0.1, -0.05) is 44.2 Å². The highest BCUT2D eigenvalue weighted by Gasteiger charge is 2.23. The minimum atomic E-state index is -4.66. The number of benzene rings is 2. The normalized spacial score (nSPS) is 12.8. The van der Waals surface area contributed by atoms with Crippen LogP contribution in [0.1, 0.15) is 37.3 Å². The molecule has 2 nitrogen and oxygen atoms in total. The molecule has 0 aliphatic heterocycles. The molecule has 0 aliphatic rings. The van der Waals surface area contributed by atoms with Gasteiger partial charge < -0.3 is 5.73 Å². The minimum absolute atomic E-state index is 0.202. The molecule has 0 aliphatic carbocycles. The first-order chi connectivity index (χ1) is 14.6. The number of unbranched alkanes of at least 4 members (excludes halogenated alkanes) is 1. The highest BCUT2D eigenvalue weighted by atomic mass is 19.4. The van der Waals surface area contributed by atoms with Crippen LogP contribution in [0.15, 0.2) is 65.8 Å². The molecular formula is C24H23F5N2. The molecule has 164 valence electrons. The Hall–Kier alpha value is -3.22. The van der Waals surface area contributed by atoms with Crippen LogP contribution < -0.4 is 5.73 Å². The maximum absolute atomic E-state index is 14.2. The molecule has 0 saturated carbocycles. The van der Waals surface area contributed by atoms with Gasteiger partial charge in [0.05, 0.1) is 5.70 Å². The van der Waals surface area contributed by atoms with Crippen molar-refractivity contribution in [2.24, 2.45) is 10.7 Å². The Balaban J connectivity index is 2.20. The van der Waals surface area contributed by atoms with E-state index in [1.54, 1.807) is 30.5 Å². The van der Waals surface area contributed by atoms with Gasteiger partial charge in [0.15, 0.2) is 0 Å². The van der Waals surface area contributed by atoms with Crippen LogP contribution in [0.25, 0.3) is 22.9 Å². The molecule has 7 heteroatoms. The van der Waals surface area contributed by atoms with Crippen molar-refractivity contribution in [2.45, 2.75) is 32.4 Å². The highest BCUT2D eigenvalue weighted by molar-refractivity contribution is 5.84. The van der Waals surface area contributed by atoms with E-state index in [9.17, 15) is 22.0 Å². The molecule has 2 aromatic carbocycles. The molecule has 0 atom stereocenters. The number of nitrogens with zero attached hydrogens (tertiary/aromatic N) is 1. The van der Waals surface area contributed by atoms with Crippen molar-refractivity contribution in [3.63, 3.8) is 0 Å². The van der Waals surface area contributed by atoms with Gasteiger partial charge in [0, 0.05) is 17.9 Å². The van der Waals surface area contributed by atoms with Crippen LogP contribution >= 0.6 is 0 Å². The second-order valence-electron chi connectivity index (χ2n) is 6.86. The molecule has 2 aromatic rings. The molecule has 0 aromatic heterocycles. The third-order valence-corrected chi connectivity index (χ3v) is 4.49. The molecule has 0 amide bonds. The Bertz CT molecular complexity index is 977. The Kier molecular flexibility index (Phi) is 8.30. The van der Waals surface area contributed by atoms with E-state index in [1.807, 2.05) is 0 Å². The average Bonchev–Trinajstić information content (AvgIpc) is 2.72. The van der Waals surface area contributed by atoms with E-state index in [4.69, 9.17) is 5.73 Å². The summed E-state index contributed by atoms with van der Waals surface area (Å²) in [5.41, 5.74) is 7.64. The summed E-state index contributed by atoms with van der Waals surface area (Å²) in [5.74, 6) is -2.16. The molecular weight excluding hydrogens is 411 g/mol. The van der Waals surface area contributed by atoms with Gasteiger partial charge in [0.2, 0.25) is 0 Å². The summed E-state index contributed by atoms with van der Waals surface area (Å²) in [6, 6.07) is 8.64. The van der Waals surface area contributed by atoms with E-state index in [0.29, 0.717) is 22.9 Å². The van der Waals surface area contributed by atoms with Crippen molar-refractivity contribution < 1.29 is 22.0 Å². The summed E-state index contributed by atoms with van der Waals surface area (Å²) >= 11 is 0. The molecule has 31 heavy (non-hydrogen) atoms. The fourth-order valence-corrected chi connectivity index (χ4v) is 2.75. The Morgan fingerprint density at radius 3 is 2.19 bits per heavy atom. The molecule has 0 unspecified atom stereocenters. The smallest absolute Gasteiger partial charge is 0.404 e. The molecule has 2 rings (SSSR count). The quantitative estimate of drug-likeness (QED) is 0.344. The molecule has 0 bridgehead atoms. The first-order valence-corrected chi connectivity index (χ1v) is 9.64. The summed E-state index contributed by atoms with van der Waals surface area (Å²) in [6.45, 7) is 5.99. The standard InChI is InChI=1S/C24H23F5N2/c1-3-4-5-17(14-30)15-31-16(2)18-6-8-19(9-7-18)20-12-22(25)21(23(26)13-20)10-11-24(27,28)29/h6-15H,2-5,30H2,1H3/b11-10+,17-14-,31-15-. The zero-order valence-electron chi connectivity index (χ0n) is 17.0. The molecule has 0 saturated heterocycles. The monoisotopic (exact) mass is 434 g/mol. The number of hydrogen-bond donors (Lipinski definition) is 1. The van der Waals surface area contributed by atoms with E-state index in [-0.39, 0.29) is 11.6 Å². The third kappa shape index (κ3) is 7.20. The summed E-state index contributed by atoms with van der Waals surface area (Å²) in [5, 5.41) is 0. The van der Waals surface area contributed by atoms with Gasteiger partial charge in [-0.2, -0.15) is 13.2 Å². The number of allylic oxidation sites excluding steroid dienone is 2. The van der Waals surface area contributed by atoms with Gasteiger partial charge in [-0.05, 0) is 59.5 Å². The number of alkyl halides is 3. The lowest BCUT2D eigenvalue weighted by molar-refractivity contribution is -0.0790. The lowest BCUT2D eigenvalue weighted by Crippen LogP contribution is -2.01. The number of halogens is 5. The lowest BCUT2D eigenvalue weighted by Gasteiger charge is -2.08. The highest BCUT2D eigenvalue weighted by Crippen LogP contribution is 2.28. The maximum atomic E-state index is 14.2. The lowest BCUT2D eigenvalue weighted by atomic mass is 10.0. The Morgan fingerprint density at radius 2 is 1.68 bits per heavy atom. The van der Waals surface area contributed by atoms with Gasteiger partial charge in [0.1, 0.15) is 11.6 Å². The largest absolute Gasteiger partial charge is 0.409 e. The second-order valence-corrected chi connectivity index (χ2v) is 6.86. The first-order valence-electron chi connectivity index (χ1n) is 9.64. The van der Waals surface area contributed by atoms with Gasteiger partial charge in [0.25, 0.3) is 0 Å². The van der Waals surface area contributed by atoms with Crippen LogP contribution in [0.3, 0.4) is 0 Å². The van der Waals surface area contributed by atoms with Gasteiger partial charge in [-0.25, -0.2) is 8.78 Å². The Labute approximate surface area is 178 Å². The number of nitrogens with two attached hydrogens (primary N) is 1. The molecule has 0 spiro atoms. The van der Waals surface area contributed by atoms with Crippen molar-refractivity contribution in [1.82, 2.24) is 0 Å². The molecule has 2 N–H and O–H groups in total. The van der Waals surface area contributed by atoms with E-state index in [1.165, 1.54) is 6.20 Å². The summed E-state index contributed by atoms with van der Waals surface area (Å²) in [4.78, 5) is 4.31. The SMILES string of the molecule is C=C(/N=C\C(=C/N)CCCC)c1ccc(-c2cc(F)c(/C=C/C(F)(F)F)c(F)c2)cc1. The molecule has 0 heterocycles. The zero-order chi connectivity index (χ0) is 23.0. The first kappa shape index (κ1) is 24.1. The number of rotatable bonds is 8. The Morgan fingerprint density at radius 1 is 1.06 bits per heavy atom. The number of aliphatic imine (C=N–C) groups is 1. The van der Waals surface area contributed by atoms with Crippen molar-refractivity contribution >= 4 is 18.0 Å². The van der Waals surface area contributed by atoms with Gasteiger partial charge >= 0.3 is 6.18 Å². The van der Waals surface area contributed by atoms with Crippen LogP contribution in [0.2, 0.25) is 0 Å². The predicted molar refractivity (Wildman–Crippen MR) is 116 cm³/mol. The fraction of sp³-hybridized carbons (Fsp3) is 0.208. The van der Waals surface area contributed by atoms with Crippen molar-refractivity contribution in [3.8, 4) is 11.1 Å². The van der Waals surface area contributed by atoms with Crippen LogP contribution in [0.4, 0.5) is 22.0 Å². The van der Waals surface area contributed by atoms with Crippen molar-refractivity contribution in [2.75, 3.05) is 0 Å². The summed E-state index contributed by atoms with van der Waals surface area (Å²) < 4.78 is 65.1. The summed E-state index contributed by atoms with van der Waals surface area (Å²) in [7, 11) is 0. The van der Waals surface area contributed by atoms with Crippen LogP contribution in [-0.4, -0.2) is 12.4 Å². The zero-order valence-corrected chi connectivity index (χ0v) is 17.0. The fourth-order valence-electron chi connectivity index (χ4n) is 2.75. The van der Waals surface area contributed by atoms with Gasteiger partial charge in [-0.3, -0.25) is 4.99 Å².